The Labute approximate surface area is 177 Å². The van der Waals surface area contributed by atoms with Gasteiger partial charge in [-0.3, -0.25) is 4.79 Å². The molecule has 1 aliphatic heterocycles. The zero-order chi connectivity index (χ0) is 29.0. The van der Waals surface area contributed by atoms with E-state index in [1.165, 1.54) is 4.90 Å². The van der Waals surface area contributed by atoms with Gasteiger partial charge < -0.3 is 29.4 Å². The van der Waals surface area contributed by atoms with Crippen LogP contribution in [0.15, 0.2) is 34.8 Å². The van der Waals surface area contributed by atoms with E-state index >= 15 is 0 Å². The summed E-state index contributed by atoms with van der Waals surface area (Å²) < 4.78 is 98.6. The smallest absolute Gasteiger partial charge is 0.289 e. The van der Waals surface area contributed by atoms with Crippen LogP contribution in [0.3, 0.4) is 0 Å². The number of nitrogens with two attached hydrogens (primary N) is 1. The lowest BCUT2D eigenvalue weighted by Gasteiger charge is -2.34. The Morgan fingerprint density at radius 3 is 2.64 bits per heavy atom. The number of anilines is 2. The maximum absolute atomic E-state index is 12.7. The van der Waals surface area contributed by atoms with Crippen molar-refractivity contribution in [3.63, 3.8) is 0 Å². The summed E-state index contributed by atoms with van der Waals surface area (Å²) in [6.45, 7) is 0.534. The number of aromatic nitrogens is 2. The van der Waals surface area contributed by atoms with E-state index < -0.39 is 67.7 Å². The standard InChI is InChI=1S/C19H21N5O4/c1-26-15-10-12-13(11-16(15)27-2)21-19(22-17(12)20)24-7-5-23(6-8-24)18(25)14-4-3-9-28-14/h3-4,9-11H,5-8H2,1-2H3,(H2,20,21,22)/i1D3,2D3,3D,4D,9D,10D,11D. The van der Waals surface area contributed by atoms with Gasteiger partial charge in [0.25, 0.3) is 5.91 Å². The lowest BCUT2D eigenvalue weighted by atomic mass is 10.2. The summed E-state index contributed by atoms with van der Waals surface area (Å²) in [5.41, 5.74) is 5.79. The van der Waals surface area contributed by atoms with Crippen molar-refractivity contribution in [2.45, 2.75) is 0 Å². The second kappa shape index (κ2) is 7.26. The number of rotatable bonds is 4. The number of fused-ring (bicyclic) bond motifs is 1. The molecule has 2 aromatic heterocycles. The fraction of sp³-hybridized carbons (Fsp3) is 0.316. The van der Waals surface area contributed by atoms with E-state index in [1.54, 1.807) is 4.90 Å². The third kappa shape index (κ3) is 3.15. The number of hydrogen-bond donors (Lipinski definition) is 1. The Kier molecular flexibility index (Phi) is 2.37. The third-order valence-corrected chi connectivity index (χ3v) is 4.23. The Morgan fingerprint density at radius 2 is 1.96 bits per heavy atom. The van der Waals surface area contributed by atoms with Crippen molar-refractivity contribution in [2.24, 2.45) is 0 Å². The third-order valence-electron chi connectivity index (χ3n) is 4.23. The second-order valence-electron chi connectivity index (χ2n) is 5.81. The minimum Gasteiger partial charge on any atom is -0.493 e. The molecule has 9 nitrogen and oxygen atoms in total. The molecular weight excluding hydrogens is 362 g/mol. The van der Waals surface area contributed by atoms with Crippen molar-refractivity contribution in [1.82, 2.24) is 14.9 Å². The van der Waals surface area contributed by atoms with Gasteiger partial charge in [-0.05, 0) is 18.1 Å². The number of amides is 1. The minimum absolute atomic E-state index is 0.00890. The predicted octanol–water partition coefficient (Wildman–Crippen LogP) is 1.78. The Balaban J connectivity index is 1.68. The first-order chi connectivity index (χ1) is 18.0. The van der Waals surface area contributed by atoms with Gasteiger partial charge in [0.2, 0.25) is 5.95 Å². The molecule has 9 heteroatoms. The van der Waals surface area contributed by atoms with E-state index in [2.05, 4.69) is 9.97 Å². The molecule has 4 rings (SSSR count). The summed E-state index contributed by atoms with van der Waals surface area (Å²) >= 11 is 0. The van der Waals surface area contributed by atoms with Crippen LogP contribution in [0.25, 0.3) is 10.9 Å². The summed E-state index contributed by atoms with van der Waals surface area (Å²) in [6.07, 6.45) is -0.587. The van der Waals surface area contributed by atoms with Crippen LogP contribution in [-0.4, -0.2) is 61.0 Å². The molecule has 0 aliphatic carbocycles. The van der Waals surface area contributed by atoms with Crippen molar-refractivity contribution in [1.29, 1.82) is 0 Å². The summed E-state index contributed by atoms with van der Waals surface area (Å²) in [4.78, 5) is 24.1. The highest BCUT2D eigenvalue weighted by Crippen LogP contribution is 2.34. The molecule has 0 spiro atoms. The highest BCUT2D eigenvalue weighted by atomic mass is 16.5. The molecular formula is C19H21N5O4. The second-order valence-corrected chi connectivity index (χ2v) is 5.81. The number of ether oxygens (including phenoxy) is 2. The van der Waals surface area contributed by atoms with Crippen molar-refractivity contribution in [2.75, 3.05) is 50.9 Å². The van der Waals surface area contributed by atoms with Crippen LogP contribution in [-0.2, 0) is 0 Å². The fourth-order valence-electron chi connectivity index (χ4n) is 2.83. The van der Waals surface area contributed by atoms with Crippen LogP contribution < -0.4 is 20.1 Å². The average Bonchev–Trinajstić information content (AvgIpc) is 3.09. The van der Waals surface area contributed by atoms with Gasteiger partial charge in [0, 0.05) is 37.6 Å². The number of nitrogen functional groups attached to an aromatic ring is 1. The van der Waals surface area contributed by atoms with Gasteiger partial charge in [0.05, 0.1) is 39.5 Å². The molecule has 0 atom stereocenters. The molecule has 2 N–H and O–H groups in total. The molecule has 1 fully saturated rings. The lowest BCUT2D eigenvalue weighted by molar-refractivity contribution is 0.0714. The van der Waals surface area contributed by atoms with Crippen LogP contribution in [0.1, 0.15) is 25.6 Å². The van der Waals surface area contributed by atoms with E-state index in [9.17, 15) is 4.79 Å². The van der Waals surface area contributed by atoms with Crippen molar-refractivity contribution < 1.29 is 33.8 Å². The van der Waals surface area contributed by atoms with Gasteiger partial charge in [0.15, 0.2) is 17.3 Å². The molecule has 1 aromatic carbocycles. The monoisotopic (exact) mass is 394 g/mol. The predicted molar refractivity (Wildman–Crippen MR) is 104 cm³/mol. The molecule has 3 heterocycles. The number of nitrogens with zero attached hydrogens (tertiary/aromatic N) is 4. The van der Waals surface area contributed by atoms with E-state index in [-0.39, 0.29) is 48.8 Å². The molecule has 0 unspecified atom stereocenters. The van der Waals surface area contributed by atoms with Crippen molar-refractivity contribution in [3.8, 4) is 11.5 Å². The van der Waals surface area contributed by atoms with Crippen LogP contribution in [0.4, 0.5) is 11.8 Å². The summed E-state index contributed by atoms with van der Waals surface area (Å²) in [7, 11) is -6.21. The number of methoxy groups -OCH3 is 2. The first kappa shape index (κ1) is 9.13. The molecule has 146 valence electrons. The number of benzene rings is 1. The molecule has 28 heavy (non-hydrogen) atoms. The van der Waals surface area contributed by atoms with Crippen LogP contribution in [0.5, 0.6) is 11.5 Å². The lowest BCUT2D eigenvalue weighted by Crippen LogP contribution is -2.49. The maximum atomic E-state index is 12.7. The van der Waals surface area contributed by atoms with E-state index in [1.807, 2.05) is 0 Å². The van der Waals surface area contributed by atoms with E-state index in [0.717, 1.165) is 0 Å². The van der Waals surface area contributed by atoms with Crippen molar-refractivity contribution >= 4 is 28.6 Å². The van der Waals surface area contributed by atoms with Gasteiger partial charge in [-0.2, -0.15) is 4.98 Å². The molecule has 1 aliphatic rings. The first-order valence-corrected chi connectivity index (χ1v) is 8.07. The summed E-state index contributed by atoms with van der Waals surface area (Å²) in [5.74, 6) is -3.03. The van der Waals surface area contributed by atoms with Gasteiger partial charge >= 0.3 is 0 Å². The SMILES string of the molecule is [2H]c1oc(C(=O)N2CCN(c3nc(N)c4c([2H])c(OC([2H])([2H])[2H])c(OC([2H])([2H])[2H])c([2H])c4n3)CC2)c([2H])c1[2H]. The van der Waals surface area contributed by atoms with Gasteiger partial charge in [0.1, 0.15) is 7.19 Å². The van der Waals surface area contributed by atoms with Crippen LogP contribution in [0, 0.1) is 0 Å². The molecule has 1 saturated heterocycles. The van der Waals surface area contributed by atoms with E-state index in [0.29, 0.717) is 0 Å². The van der Waals surface area contributed by atoms with Crippen molar-refractivity contribution in [3.05, 3.63) is 36.2 Å². The Morgan fingerprint density at radius 1 is 1.21 bits per heavy atom. The number of furan rings is 1. The number of hydrogen-bond acceptors (Lipinski definition) is 8. The van der Waals surface area contributed by atoms with Gasteiger partial charge in [-0.1, -0.05) is 0 Å². The van der Waals surface area contributed by atoms with Gasteiger partial charge in [-0.25, -0.2) is 4.98 Å². The Bertz CT molecular complexity index is 1450. The first-order valence-electron chi connectivity index (χ1n) is 13.6. The Hall–Kier alpha value is -3.49. The molecule has 0 bridgehead atoms. The molecule has 3 aromatic rings. The quantitative estimate of drug-likeness (QED) is 0.714. The largest absolute Gasteiger partial charge is 0.493 e. The number of carbonyl (C=O) groups excluding carboxylic acids is 1. The minimum atomic E-state index is -3.11. The normalized spacial score (nSPS) is 20.9. The highest BCUT2D eigenvalue weighted by molar-refractivity contribution is 5.92. The highest BCUT2D eigenvalue weighted by Gasteiger charge is 2.25. The molecule has 1 amide bonds. The number of piperazine rings is 1. The fourth-order valence-corrected chi connectivity index (χ4v) is 2.83. The zero-order valence-electron chi connectivity index (χ0n) is 25.3. The topological polar surface area (TPSA) is 107 Å². The molecule has 0 saturated carbocycles. The average molecular weight is 394 g/mol. The summed E-state index contributed by atoms with van der Waals surface area (Å²) in [6, 6.07) is -2.34. The van der Waals surface area contributed by atoms with E-state index in [4.69, 9.17) is 34.7 Å². The van der Waals surface area contributed by atoms with Gasteiger partial charge in [-0.15, -0.1) is 0 Å². The van der Waals surface area contributed by atoms with Crippen LogP contribution in [0.2, 0.25) is 0 Å². The zero-order valence-corrected chi connectivity index (χ0v) is 14.3. The number of carbonyl (C=O) groups is 1. The van der Waals surface area contributed by atoms with Crippen LogP contribution >= 0.6 is 0 Å². The maximum Gasteiger partial charge on any atom is 0.289 e. The molecule has 0 radical (unpaired) electrons. The summed E-state index contributed by atoms with van der Waals surface area (Å²) in [5, 5.41) is -0.243.